The molecule has 0 aromatic heterocycles. The molecule has 0 saturated heterocycles. The molecule has 0 amide bonds. The first-order valence-corrected chi connectivity index (χ1v) is 6.40. The van der Waals surface area contributed by atoms with Crippen molar-refractivity contribution in [1.29, 1.82) is 5.26 Å². The van der Waals surface area contributed by atoms with E-state index in [1.165, 1.54) is 0 Å². The summed E-state index contributed by atoms with van der Waals surface area (Å²) in [6.45, 7) is 8.00. The average Bonchev–Trinajstić information content (AvgIpc) is 2.32. The van der Waals surface area contributed by atoms with E-state index in [2.05, 4.69) is 6.07 Å². The van der Waals surface area contributed by atoms with Gasteiger partial charge in [0.15, 0.2) is 5.41 Å². The highest BCUT2D eigenvalue weighted by atomic mass is 16.5. The number of rotatable bonds is 7. The molecule has 3 nitrogen and oxygen atoms in total. The number of esters is 1. The van der Waals surface area contributed by atoms with Gasteiger partial charge in [0.05, 0.1) is 12.7 Å². The molecule has 0 saturated carbocycles. The Labute approximate surface area is 104 Å². The zero-order valence-corrected chi connectivity index (χ0v) is 11.4. The molecule has 96 valence electrons. The molecule has 1 atom stereocenters. The first-order chi connectivity index (χ1) is 8.12. The minimum absolute atomic E-state index is 0.313. The van der Waals surface area contributed by atoms with Gasteiger partial charge in [-0.25, -0.2) is 4.79 Å². The monoisotopic (exact) mass is 237 g/mol. The zero-order chi connectivity index (χ0) is 13.3. The maximum atomic E-state index is 12.0. The summed E-state index contributed by atoms with van der Waals surface area (Å²) in [5.41, 5.74) is -0.173. The average molecular weight is 237 g/mol. The van der Waals surface area contributed by atoms with Gasteiger partial charge in [-0.15, -0.1) is 0 Å². The van der Waals surface area contributed by atoms with Crippen LogP contribution >= 0.6 is 0 Å². The number of carbonyl (C=O) groups is 1. The lowest BCUT2D eigenvalue weighted by atomic mass is 9.76. The fourth-order valence-corrected chi connectivity index (χ4v) is 1.96. The lowest BCUT2D eigenvalue weighted by Crippen LogP contribution is -2.33. The first kappa shape index (κ1) is 15.7. The maximum absolute atomic E-state index is 12.0. The van der Waals surface area contributed by atoms with Crippen molar-refractivity contribution in [3.05, 3.63) is 11.6 Å². The third-order valence-electron chi connectivity index (χ3n) is 2.86. The van der Waals surface area contributed by atoms with Gasteiger partial charge >= 0.3 is 5.97 Å². The molecule has 0 rings (SSSR count). The first-order valence-electron chi connectivity index (χ1n) is 6.40. The van der Waals surface area contributed by atoms with E-state index in [9.17, 15) is 10.1 Å². The topological polar surface area (TPSA) is 50.1 Å². The number of allylic oxidation sites excluding steroid dienone is 1. The Morgan fingerprint density at radius 1 is 1.35 bits per heavy atom. The Morgan fingerprint density at radius 3 is 2.35 bits per heavy atom. The van der Waals surface area contributed by atoms with E-state index in [0.717, 1.165) is 24.8 Å². The molecule has 0 aliphatic heterocycles. The molecule has 0 spiro atoms. The standard InChI is InChI=1S/C14H23NO2/c1-5-9-12(10-6-2)14(7-3,11-15)13(16)17-8-4/h9H,5-8,10H2,1-4H3/b12-9+/t14-/m1/s1. The van der Waals surface area contributed by atoms with Crippen molar-refractivity contribution in [2.24, 2.45) is 5.41 Å². The van der Waals surface area contributed by atoms with Crippen molar-refractivity contribution in [3.8, 4) is 6.07 Å². The van der Waals surface area contributed by atoms with Crippen molar-refractivity contribution in [2.75, 3.05) is 6.61 Å². The zero-order valence-electron chi connectivity index (χ0n) is 11.4. The fraction of sp³-hybridized carbons (Fsp3) is 0.714. The highest BCUT2D eigenvalue weighted by Gasteiger charge is 2.41. The summed E-state index contributed by atoms with van der Waals surface area (Å²) in [7, 11) is 0. The van der Waals surface area contributed by atoms with Crippen molar-refractivity contribution in [3.63, 3.8) is 0 Å². The van der Waals surface area contributed by atoms with Crippen LogP contribution < -0.4 is 0 Å². The predicted molar refractivity (Wildman–Crippen MR) is 68.3 cm³/mol. The molecule has 0 aromatic rings. The third-order valence-corrected chi connectivity index (χ3v) is 2.86. The van der Waals surface area contributed by atoms with Gasteiger partial charge in [0, 0.05) is 0 Å². The van der Waals surface area contributed by atoms with Gasteiger partial charge in [0.1, 0.15) is 0 Å². The lowest BCUT2D eigenvalue weighted by molar-refractivity contribution is -0.150. The van der Waals surface area contributed by atoms with Crippen molar-refractivity contribution >= 4 is 5.97 Å². The molecular weight excluding hydrogens is 214 g/mol. The summed E-state index contributed by atoms with van der Waals surface area (Å²) in [6, 6.07) is 2.18. The molecule has 0 fully saturated rings. The molecule has 0 unspecified atom stereocenters. The summed E-state index contributed by atoms with van der Waals surface area (Å²) in [4.78, 5) is 12.0. The summed E-state index contributed by atoms with van der Waals surface area (Å²) in [5, 5.41) is 9.41. The van der Waals surface area contributed by atoms with Gasteiger partial charge in [-0.2, -0.15) is 5.26 Å². The minimum Gasteiger partial charge on any atom is -0.465 e. The highest BCUT2D eigenvalue weighted by Crippen LogP contribution is 2.35. The van der Waals surface area contributed by atoms with Gasteiger partial charge < -0.3 is 4.74 Å². The summed E-state index contributed by atoms with van der Waals surface area (Å²) >= 11 is 0. The maximum Gasteiger partial charge on any atom is 0.330 e. The van der Waals surface area contributed by atoms with E-state index in [1.807, 2.05) is 26.8 Å². The predicted octanol–water partition coefficient (Wildman–Crippen LogP) is 3.61. The summed E-state index contributed by atoms with van der Waals surface area (Å²) in [6.07, 6.45) is 4.99. The van der Waals surface area contributed by atoms with Gasteiger partial charge in [0.2, 0.25) is 0 Å². The van der Waals surface area contributed by atoms with Crippen LogP contribution in [0.2, 0.25) is 0 Å². The molecule has 3 heteroatoms. The molecular formula is C14H23NO2. The molecule has 17 heavy (non-hydrogen) atoms. The van der Waals surface area contributed by atoms with E-state index in [0.29, 0.717) is 13.0 Å². The second-order valence-electron chi connectivity index (χ2n) is 3.98. The number of carbonyl (C=O) groups excluding carboxylic acids is 1. The summed E-state index contributed by atoms with van der Waals surface area (Å²) < 4.78 is 5.06. The second kappa shape index (κ2) is 7.89. The van der Waals surface area contributed by atoms with Crippen molar-refractivity contribution < 1.29 is 9.53 Å². The van der Waals surface area contributed by atoms with Crippen molar-refractivity contribution in [1.82, 2.24) is 0 Å². The number of hydrogen-bond donors (Lipinski definition) is 0. The molecule has 0 bridgehead atoms. The number of nitrogens with zero attached hydrogens (tertiary/aromatic N) is 1. The normalized spacial score (nSPS) is 14.9. The van der Waals surface area contributed by atoms with Crippen LogP contribution in [-0.2, 0) is 9.53 Å². The minimum atomic E-state index is -1.08. The largest absolute Gasteiger partial charge is 0.465 e. The molecule has 0 radical (unpaired) electrons. The quantitative estimate of drug-likeness (QED) is 0.502. The number of ether oxygens (including phenoxy) is 1. The van der Waals surface area contributed by atoms with Crippen molar-refractivity contribution in [2.45, 2.75) is 53.4 Å². The molecule has 0 aromatic carbocycles. The van der Waals surface area contributed by atoms with Crippen LogP contribution in [0.3, 0.4) is 0 Å². The van der Waals surface area contributed by atoms with Crippen LogP contribution in [-0.4, -0.2) is 12.6 Å². The van der Waals surface area contributed by atoms with Crippen LogP contribution in [0.15, 0.2) is 11.6 Å². The van der Waals surface area contributed by atoms with Crippen LogP contribution in [0.1, 0.15) is 53.4 Å². The number of hydrogen-bond acceptors (Lipinski definition) is 3. The van der Waals surface area contributed by atoms with Gasteiger partial charge in [0.25, 0.3) is 0 Å². The fourth-order valence-electron chi connectivity index (χ4n) is 1.96. The van der Waals surface area contributed by atoms with E-state index in [4.69, 9.17) is 4.74 Å². The highest BCUT2D eigenvalue weighted by molar-refractivity contribution is 5.84. The smallest absolute Gasteiger partial charge is 0.330 e. The Morgan fingerprint density at radius 2 is 2.00 bits per heavy atom. The van der Waals surface area contributed by atoms with Crippen LogP contribution in [0.25, 0.3) is 0 Å². The number of nitriles is 1. The van der Waals surface area contributed by atoms with Gasteiger partial charge in [-0.1, -0.05) is 33.3 Å². The molecule has 0 heterocycles. The van der Waals surface area contributed by atoms with E-state index < -0.39 is 11.4 Å². The Hall–Kier alpha value is -1.30. The molecule has 0 aliphatic rings. The Balaban J connectivity index is 5.36. The second-order valence-corrected chi connectivity index (χ2v) is 3.98. The molecule has 0 N–H and O–H groups in total. The van der Waals surface area contributed by atoms with Gasteiger partial charge in [-0.05, 0) is 31.8 Å². The van der Waals surface area contributed by atoms with Crippen LogP contribution in [0.5, 0.6) is 0 Å². The SMILES string of the molecule is CC/C=C(\CCC)[C@](C#N)(CC)C(=O)OCC. The third kappa shape index (κ3) is 3.59. The Kier molecular flexibility index (Phi) is 7.29. The van der Waals surface area contributed by atoms with E-state index in [-0.39, 0.29) is 0 Å². The van der Waals surface area contributed by atoms with E-state index >= 15 is 0 Å². The molecule has 0 aliphatic carbocycles. The van der Waals surface area contributed by atoms with Gasteiger partial charge in [-0.3, -0.25) is 0 Å². The summed E-state index contributed by atoms with van der Waals surface area (Å²) in [5.74, 6) is -0.404. The van der Waals surface area contributed by atoms with E-state index in [1.54, 1.807) is 6.92 Å². The van der Waals surface area contributed by atoms with Crippen LogP contribution in [0, 0.1) is 16.7 Å². The lowest BCUT2D eigenvalue weighted by Gasteiger charge is -2.26. The van der Waals surface area contributed by atoms with Crippen LogP contribution in [0.4, 0.5) is 0 Å². The Bertz CT molecular complexity index is 315.